The molecule has 1 atom stereocenters. The van der Waals surface area contributed by atoms with Crippen LogP contribution in [0.5, 0.6) is 5.75 Å². The number of hydrogen-bond donors (Lipinski definition) is 4. The van der Waals surface area contributed by atoms with E-state index in [-0.39, 0.29) is 12.4 Å². The molecule has 1 aromatic rings. The molecular formula is C9H11NO4. The fraction of sp³-hybridized carbons (Fsp3) is 0.222. The summed E-state index contributed by atoms with van der Waals surface area (Å²) in [6.07, 6.45) is -1.20. The Morgan fingerprint density at radius 2 is 1.93 bits per heavy atom. The number of phenols is 1. The fourth-order valence-corrected chi connectivity index (χ4v) is 1.09. The Morgan fingerprint density at radius 3 is 2.36 bits per heavy atom. The van der Waals surface area contributed by atoms with Crippen molar-refractivity contribution in [3.8, 4) is 5.75 Å². The van der Waals surface area contributed by atoms with Crippen LogP contribution in [-0.2, 0) is 0 Å². The van der Waals surface area contributed by atoms with Gasteiger partial charge in [-0.05, 0) is 17.7 Å². The minimum atomic E-state index is -1.20. The molecule has 0 heterocycles. The van der Waals surface area contributed by atoms with E-state index in [1.54, 1.807) is 12.1 Å². The van der Waals surface area contributed by atoms with Crippen LogP contribution in [0, 0.1) is 0 Å². The van der Waals surface area contributed by atoms with Gasteiger partial charge in [-0.15, -0.1) is 0 Å². The van der Waals surface area contributed by atoms with Gasteiger partial charge >= 0.3 is 6.09 Å². The van der Waals surface area contributed by atoms with Crippen LogP contribution >= 0.6 is 0 Å². The monoisotopic (exact) mass is 197 g/mol. The summed E-state index contributed by atoms with van der Waals surface area (Å²) in [6.45, 7) is -0.322. The highest BCUT2D eigenvalue weighted by atomic mass is 16.4. The lowest BCUT2D eigenvalue weighted by Crippen LogP contribution is -2.29. The smallest absolute Gasteiger partial charge is 0.405 e. The fourth-order valence-electron chi connectivity index (χ4n) is 1.09. The highest BCUT2D eigenvalue weighted by Crippen LogP contribution is 2.16. The van der Waals surface area contributed by atoms with Crippen LogP contribution in [-0.4, -0.2) is 28.0 Å². The molecule has 0 saturated carbocycles. The Kier molecular flexibility index (Phi) is 3.30. The number of aliphatic hydroxyl groups excluding tert-OH is 1. The molecule has 0 spiro atoms. The Labute approximate surface area is 80.6 Å². The Morgan fingerprint density at radius 1 is 1.36 bits per heavy atom. The van der Waals surface area contributed by atoms with E-state index in [2.05, 4.69) is 5.32 Å². The lowest BCUT2D eigenvalue weighted by molar-refractivity contribution is 0.177. The lowest BCUT2D eigenvalue weighted by Gasteiger charge is -2.14. The number of amides is 1. The van der Waals surface area contributed by atoms with Crippen molar-refractivity contribution in [2.24, 2.45) is 0 Å². The summed E-state index contributed by atoms with van der Waals surface area (Å²) in [5.74, 6) is 0.0979. The standard InChI is InChI=1S/C9H11NO4/c11-5-8(10-9(13)14)6-1-3-7(12)4-2-6/h1-4,8,10-12H,5H2,(H,13,14). The largest absolute Gasteiger partial charge is 0.508 e. The molecule has 0 aliphatic rings. The second-order valence-corrected chi connectivity index (χ2v) is 2.78. The number of benzene rings is 1. The summed E-state index contributed by atoms with van der Waals surface area (Å²) in [5, 5.41) is 28.5. The van der Waals surface area contributed by atoms with Crippen LogP contribution in [0.25, 0.3) is 0 Å². The van der Waals surface area contributed by atoms with Gasteiger partial charge in [0.25, 0.3) is 0 Å². The Balaban J connectivity index is 2.78. The van der Waals surface area contributed by atoms with Gasteiger partial charge in [-0.25, -0.2) is 4.79 Å². The minimum absolute atomic E-state index is 0.0979. The van der Waals surface area contributed by atoms with Crippen molar-refractivity contribution < 1.29 is 20.1 Å². The number of aromatic hydroxyl groups is 1. The maximum Gasteiger partial charge on any atom is 0.405 e. The van der Waals surface area contributed by atoms with E-state index in [1.165, 1.54) is 12.1 Å². The van der Waals surface area contributed by atoms with Crippen LogP contribution in [0.2, 0.25) is 0 Å². The molecular weight excluding hydrogens is 186 g/mol. The molecule has 5 heteroatoms. The average Bonchev–Trinajstić information content (AvgIpc) is 2.15. The molecule has 1 rings (SSSR count). The van der Waals surface area contributed by atoms with E-state index in [0.717, 1.165) is 0 Å². The molecule has 4 N–H and O–H groups in total. The molecule has 1 aromatic carbocycles. The molecule has 0 aliphatic heterocycles. The van der Waals surface area contributed by atoms with Gasteiger partial charge in [0.05, 0.1) is 12.6 Å². The van der Waals surface area contributed by atoms with E-state index in [0.29, 0.717) is 5.56 Å². The predicted molar refractivity (Wildman–Crippen MR) is 49.1 cm³/mol. The summed E-state index contributed by atoms with van der Waals surface area (Å²) < 4.78 is 0. The van der Waals surface area contributed by atoms with Gasteiger partial charge in [0.1, 0.15) is 5.75 Å². The summed E-state index contributed by atoms with van der Waals surface area (Å²) in [7, 11) is 0. The normalized spacial score (nSPS) is 12.1. The Bertz CT molecular complexity index is 309. The van der Waals surface area contributed by atoms with Crippen molar-refractivity contribution in [1.82, 2.24) is 5.32 Å². The van der Waals surface area contributed by atoms with Crippen LogP contribution in [0.15, 0.2) is 24.3 Å². The molecule has 0 aromatic heterocycles. The first-order chi connectivity index (χ1) is 6.63. The molecule has 5 nitrogen and oxygen atoms in total. The van der Waals surface area contributed by atoms with Gasteiger partial charge in [-0.3, -0.25) is 0 Å². The number of carboxylic acid groups (broad SMARTS) is 1. The van der Waals surface area contributed by atoms with Crippen molar-refractivity contribution in [3.05, 3.63) is 29.8 Å². The van der Waals surface area contributed by atoms with Gasteiger partial charge in [0, 0.05) is 0 Å². The zero-order valence-electron chi connectivity index (χ0n) is 7.34. The third-order valence-electron chi connectivity index (χ3n) is 1.78. The highest BCUT2D eigenvalue weighted by molar-refractivity contribution is 5.65. The lowest BCUT2D eigenvalue weighted by atomic mass is 10.1. The summed E-state index contributed by atoms with van der Waals surface area (Å²) in [6, 6.07) is 5.30. The zero-order valence-corrected chi connectivity index (χ0v) is 7.34. The first kappa shape index (κ1) is 10.3. The molecule has 0 aliphatic carbocycles. The number of hydrogen-bond acceptors (Lipinski definition) is 3. The number of carbonyl (C=O) groups is 1. The van der Waals surface area contributed by atoms with Gasteiger partial charge < -0.3 is 20.6 Å². The first-order valence-corrected chi connectivity index (χ1v) is 4.02. The molecule has 0 radical (unpaired) electrons. The number of phenolic OH excluding ortho intramolecular Hbond substituents is 1. The number of aliphatic hydroxyl groups is 1. The van der Waals surface area contributed by atoms with Gasteiger partial charge in [-0.2, -0.15) is 0 Å². The van der Waals surface area contributed by atoms with Gasteiger partial charge in [-0.1, -0.05) is 12.1 Å². The molecule has 0 saturated heterocycles. The quantitative estimate of drug-likeness (QED) is 0.574. The molecule has 14 heavy (non-hydrogen) atoms. The van der Waals surface area contributed by atoms with Gasteiger partial charge in [0.15, 0.2) is 0 Å². The zero-order chi connectivity index (χ0) is 10.6. The van der Waals surface area contributed by atoms with Crippen molar-refractivity contribution in [2.45, 2.75) is 6.04 Å². The third-order valence-corrected chi connectivity index (χ3v) is 1.78. The number of nitrogens with one attached hydrogen (secondary N) is 1. The van der Waals surface area contributed by atoms with Crippen molar-refractivity contribution in [1.29, 1.82) is 0 Å². The maximum atomic E-state index is 10.3. The third kappa shape index (κ3) is 2.63. The molecule has 1 amide bonds. The summed E-state index contributed by atoms with van der Waals surface area (Å²) in [5.41, 5.74) is 0.604. The van der Waals surface area contributed by atoms with Crippen LogP contribution in [0.4, 0.5) is 4.79 Å². The molecule has 0 fully saturated rings. The average molecular weight is 197 g/mol. The van der Waals surface area contributed by atoms with E-state index < -0.39 is 12.1 Å². The van der Waals surface area contributed by atoms with E-state index in [1.807, 2.05) is 0 Å². The van der Waals surface area contributed by atoms with Crippen molar-refractivity contribution in [2.75, 3.05) is 6.61 Å². The van der Waals surface area contributed by atoms with Crippen molar-refractivity contribution >= 4 is 6.09 Å². The molecule has 0 bridgehead atoms. The highest BCUT2D eigenvalue weighted by Gasteiger charge is 2.11. The summed E-state index contributed by atoms with van der Waals surface area (Å²) in [4.78, 5) is 10.3. The van der Waals surface area contributed by atoms with Crippen LogP contribution in [0.1, 0.15) is 11.6 Å². The topological polar surface area (TPSA) is 89.8 Å². The molecule has 1 unspecified atom stereocenters. The maximum absolute atomic E-state index is 10.3. The number of rotatable bonds is 3. The SMILES string of the molecule is O=C(O)NC(CO)c1ccc(O)cc1. The van der Waals surface area contributed by atoms with Crippen LogP contribution in [0.3, 0.4) is 0 Å². The van der Waals surface area contributed by atoms with E-state index in [4.69, 9.17) is 15.3 Å². The molecule has 76 valence electrons. The van der Waals surface area contributed by atoms with Crippen LogP contribution < -0.4 is 5.32 Å². The Hall–Kier alpha value is -1.75. The predicted octanol–water partition coefficient (Wildman–Crippen LogP) is 0.693. The van der Waals surface area contributed by atoms with E-state index in [9.17, 15) is 4.79 Å². The van der Waals surface area contributed by atoms with Crippen molar-refractivity contribution in [3.63, 3.8) is 0 Å². The van der Waals surface area contributed by atoms with Gasteiger partial charge in [0.2, 0.25) is 0 Å². The second kappa shape index (κ2) is 4.48. The second-order valence-electron chi connectivity index (χ2n) is 2.78. The van der Waals surface area contributed by atoms with E-state index >= 15 is 0 Å². The minimum Gasteiger partial charge on any atom is -0.508 e. The first-order valence-electron chi connectivity index (χ1n) is 4.02. The summed E-state index contributed by atoms with van der Waals surface area (Å²) >= 11 is 0.